The van der Waals surface area contributed by atoms with E-state index in [0.717, 1.165) is 16.7 Å². The molecule has 1 aromatic heterocycles. The number of allylic oxidation sites excluding steroid dienone is 3. The summed E-state index contributed by atoms with van der Waals surface area (Å²) in [7, 11) is 0. The maximum atomic E-state index is 12.0. The molecule has 8 nitrogen and oxygen atoms in total. The van der Waals surface area contributed by atoms with Crippen molar-refractivity contribution < 1.29 is 34.4 Å². The lowest BCUT2D eigenvalue weighted by Crippen LogP contribution is -2.33. The number of aromatic hydroxyl groups is 1. The zero-order chi connectivity index (χ0) is 27.2. The molecule has 36 heavy (non-hydrogen) atoms. The number of carboxylic acids is 1. The summed E-state index contributed by atoms with van der Waals surface area (Å²) >= 11 is 0. The van der Waals surface area contributed by atoms with Crippen molar-refractivity contribution >= 4 is 5.97 Å². The van der Waals surface area contributed by atoms with Crippen LogP contribution in [0.3, 0.4) is 0 Å². The Morgan fingerprint density at radius 3 is 2.44 bits per heavy atom. The fraction of sp³-hybridized carbons (Fsp3) is 0.571. The number of carbonyl (C=O) groups is 1. The Kier molecular flexibility index (Phi) is 10.3. The van der Waals surface area contributed by atoms with Gasteiger partial charge in [0.05, 0.1) is 30.8 Å². The second-order valence-corrected chi connectivity index (χ2v) is 10.1. The van der Waals surface area contributed by atoms with Crippen molar-refractivity contribution in [2.24, 2.45) is 5.92 Å². The van der Waals surface area contributed by atoms with Gasteiger partial charge in [-0.2, -0.15) is 0 Å². The Labute approximate surface area is 212 Å². The first-order valence-electron chi connectivity index (χ1n) is 12.4. The van der Waals surface area contributed by atoms with Crippen molar-refractivity contribution in [1.29, 1.82) is 0 Å². The molecule has 1 aromatic rings. The van der Waals surface area contributed by atoms with Gasteiger partial charge >= 0.3 is 11.6 Å². The minimum Gasteiger partial charge on any atom is -0.507 e. The van der Waals surface area contributed by atoms with E-state index in [1.54, 1.807) is 19.1 Å². The van der Waals surface area contributed by atoms with Crippen molar-refractivity contribution in [3.05, 3.63) is 62.3 Å². The Hall–Kier alpha value is -2.68. The average Bonchev–Trinajstić information content (AvgIpc) is 3.14. The molecule has 2 heterocycles. The fourth-order valence-electron chi connectivity index (χ4n) is 4.89. The minimum atomic E-state index is -0.924. The molecule has 1 aliphatic heterocycles. The normalized spacial score (nSPS) is 22.4. The molecule has 4 atom stereocenters. The van der Waals surface area contributed by atoms with Crippen LogP contribution in [0.1, 0.15) is 76.2 Å². The highest BCUT2D eigenvalue weighted by Gasteiger charge is 2.37. The van der Waals surface area contributed by atoms with Crippen LogP contribution in [-0.4, -0.2) is 51.3 Å². The van der Waals surface area contributed by atoms with Gasteiger partial charge in [0.1, 0.15) is 17.1 Å². The van der Waals surface area contributed by atoms with Crippen molar-refractivity contribution in [1.82, 2.24) is 0 Å². The quantitative estimate of drug-likeness (QED) is 0.244. The molecule has 8 heteroatoms. The number of aliphatic hydroxyl groups excluding tert-OH is 2. The summed E-state index contributed by atoms with van der Waals surface area (Å²) in [5, 5.41) is 39.2. The summed E-state index contributed by atoms with van der Waals surface area (Å²) in [6.07, 6.45) is 7.05. The molecule has 0 bridgehead atoms. The van der Waals surface area contributed by atoms with Crippen molar-refractivity contribution in [2.45, 2.75) is 84.8 Å². The summed E-state index contributed by atoms with van der Waals surface area (Å²) in [5.41, 5.74) is 1.82. The average molecular weight is 505 g/mol. The first-order valence-corrected chi connectivity index (χ1v) is 12.4. The molecule has 0 spiro atoms. The molecule has 0 amide bonds. The highest BCUT2D eigenvalue weighted by atomic mass is 16.5. The number of hydrogen-bond donors (Lipinski definition) is 4. The molecule has 0 saturated heterocycles. The lowest BCUT2D eigenvalue weighted by atomic mass is 9.91. The summed E-state index contributed by atoms with van der Waals surface area (Å²) < 4.78 is 11.3. The molecule has 1 aliphatic rings. The highest BCUT2D eigenvalue weighted by molar-refractivity contribution is 5.72. The van der Waals surface area contributed by atoms with Crippen molar-refractivity contribution in [2.75, 3.05) is 13.2 Å². The Balaban J connectivity index is 2.06. The first kappa shape index (κ1) is 29.5. The molecule has 2 rings (SSSR count). The SMILES string of the molecule is CC(=CC(CCC[C@]1(CO)C=C(CO)[C@H](C)O1)C(=O)O)C=C(C)CC(C)c1oc(=O)c(C)c(O)c1C. The Morgan fingerprint density at radius 2 is 1.89 bits per heavy atom. The molecule has 2 unspecified atom stereocenters. The maximum absolute atomic E-state index is 12.0. The molecular formula is C28H40O8. The van der Waals surface area contributed by atoms with E-state index in [1.807, 2.05) is 33.8 Å². The van der Waals surface area contributed by atoms with E-state index in [4.69, 9.17) is 9.15 Å². The van der Waals surface area contributed by atoms with E-state index < -0.39 is 23.1 Å². The monoisotopic (exact) mass is 504 g/mol. The first-order chi connectivity index (χ1) is 16.8. The highest BCUT2D eigenvalue weighted by Crippen LogP contribution is 2.34. The molecule has 0 saturated carbocycles. The summed E-state index contributed by atoms with van der Waals surface area (Å²) in [4.78, 5) is 23.9. The number of carboxylic acid groups (broad SMARTS) is 1. The van der Waals surface area contributed by atoms with Crippen LogP contribution in [0.15, 0.2) is 44.2 Å². The van der Waals surface area contributed by atoms with Crippen LogP contribution in [0.4, 0.5) is 0 Å². The third-order valence-electron chi connectivity index (χ3n) is 6.87. The van der Waals surface area contributed by atoms with Gasteiger partial charge in [0.2, 0.25) is 0 Å². The molecule has 0 fully saturated rings. The van der Waals surface area contributed by atoms with Gasteiger partial charge in [0.25, 0.3) is 0 Å². The summed E-state index contributed by atoms with van der Waals surface area (Å²) in [5.74, 6) is -1.37. The van der Waals surface area contributed by atoms with Crippen LogP contribution < -0.4 is 5.63 Å². The van der Waals surface area contributed by atoms with Crippen LogP contribution in [0, 0.1) is 19.8 Å². The standard InChI is InChI=1S/C28H40O8/c1-16(11-18(3)25-19(4)24(31)20(5)27(34)35-25)10-17(2)12-22(26(32)33)8-7-9-28(15-30)13-23(14-29)21(6)36-28/h10,12-13,18,21-22,29-31H,7-9,11,14-15H2,1-6H3,(H,32,33)/t18?,21-,22?,28+/m0/s1. The number of ether oxygens (including phenoxy) is 1. The van der Waals surface area contributed by atoms with E-state index in [2.05, 4.69) is 0 Å². The summed E-state index contributed by atoms with van der Waals surface area (Å²) in [6.45, 7) is 10.4. The molecule has 200 valence electrons. The minimum absolute atomic E-state index is 0.0429. The van der Waals surface area contributed by atoms with Gasteiger partial charge in [-0.05, 0) is 72.0 Å². The zero-order valence-electron chi connectivity index (χ0n) is 22.1. The lowest BCUT2D eigenvalue weighted by Gasteiger charge is -2.26. The van der Waals surface area contributed by atoms with E-state index in [1.165, 1.54) is 6.92 Å². The smallest absolute Gasteiger partial charge is 0.342 e. The van der Waals surface area contributed by atoms with Gasteiger partial charge in [-0.25, -0.2) is 4.79 Å². The van der Waals surface area contributed by atoms with Crippen molar-refractivity contribution in [3.63, 3.8) is 0 Å². The van der Waals surface area contributed by atoms with Crippen molar-refractivity contribution in [3.8, 4) is 5.75 Å². The second kappa shape index (κ2) is 12.5. The van der Waals surface area contributed by atoms with Crippen LogP contribution in [0.5, 0.6) is 5.75 Å². The van der Waals surface area contributed by atoms with Crippen LogP contribution in [0.2, 0.25) is 0 Å². The van der Waals surface area contributed by atoms with Gasteiger partial charge in [0.15, 0.2) is 0 Å². The van der Waals surface area contributed by atoms with E-state index >= 15 is 0 Å². The van der Waals surface area contributed by atoms with Crippen LogP contribution in [0.25, 0.3) is 0 Å². The second-order valence-electron chi connectivity index (χ2n) is 10.1. The van der Waals surface area contributed by atoms with Gasteiger partial charge in [-0.15, -0.1) is 0 Å². The molecule has 0 aliphatic carbocycles. The summed E-state index contributed by atoms with van der Waals surface area (Å²) in [6, 6.07) is 0. The fourth-order valence-corrected chi connectivity index (χ4v) is 4.89. The third kappa shape index (κ3) is 7.18. The number of hydrogen-bond acceptors (Lipinski definition) is 7. The lowest BCUT2D eigenvalue weighted by molar-refractivity contribution is -0.140. The number of aliphatic carboxylic acids is 1. The van der Waals surface area contributed by atoms with E-state index in [-0.39, 0.29) is 36.5 Å². The predicted octanol–water partition coefficient (Wildman–Crippen LogP) is 4.29. The molecular weight excluding hydrogens is 464 g/mol. The zero-order valence-corrected chi connectivity index (χ0v) is 22.1. The number of rotatable bonds is 12. The largest absolute Gasteiger partial charge is 0.507 e. The van der Waals surface area contributed by atoms with Gasteiger partial charge in [-0.1, -0.05) is 30.2 Å². The molecule has 4 N–H and O–H groups in total. The Bertz CT molecular complexity index is 1090. The van der Waals surface area contributed by atoms with E-state index in [9.17, 15) is 30.0 Å². The van der Waals surface area contributed by atoms with Crippen LogP contribution in [-0.2, 0) is 9.53 Å². The van der Waals surface area contributed by atoms with Crippen LogP contribution >= 0.6 is 0 Å². The topological polar surface area (TPSA) is 137 Å². The Morgan fingerprint density at radius 1 is 1.22 bits per heavy atom. The third-order valence-corrected chi connectivity index (χ3v) is 6.87. The molecule has 0 radical (unpaired) electrons. The molecule has 0 aromatic carbocycles. The number of aliphatic hydroxyl groups is 2. The van der Waals surface area contributed by atoms with E-state index in [0.29, 0.717) is 37.0 Å². The predicted molar refractivity (Wildman–Crippen MR) is 137 cm³/mol. The maximum Gasteiger partial charge on any atom is 0.342 e. The van der Waals surface area contributed by atoms with Gasteiger partial charge in [0, 0.05) is 11.5 Å². The van der Waals surface area contributed by atoms with Gasteiger partial charge < -0.3 is 29.6 Å². The van der Waals surface area contributed by atoms with Gasteiger partial charge in [-0.3, -0.25) is 4.79 Å².